The van der Waals surface area contributed by atoms with E-state index in [-0.39, 0.29) is 0 Å². The summed E-state index contributed by atoms with van der Waals surface area (Å²) in [6.45, 7) is 6.68. The average Bonchev–Trinajstić information content (AvgIpc) is 3.21. The van der Waals surface area contributed by atoms with Crippen LogP contribution < -0.4 is 4.90 Å². The first kappa shape index (κ1) is 21.8. The Morgan fingerprint density at radius 2 is 1.81 bits per heavy atom. The largest absolute Gasteiger partial charge is 0.378 e. The summed E-state index contributed by atoms with van der Waals surface area (Å²) in [5.74, 6) is 0.970. The number of halogens is 1. The van der Waals surface area contributed by atoms with Crippen LogP contribution in [0.25, 0.3) is 10.2 Å². The van der Waals surface area contributed by atoms with Gasteiger partial charge >= 0.3 is 0 Å². The van der Waals surface area contributed by atoms with Crippen LogP contribution in [0, 0.1) is 0 Å². The monoisotopic (exact) mass is 463 g/mol. The van der Waals surface area contributed by atoms with E-state index in [4.69, 9.17) is 16.3 Å². The zero-order chi connectivity index (χ0) is 21.2. The molecule has 5 rings (SSSR count). The lowest BCUT2D eigenvalue weighted by molar-refractivity contribution is 0.0789. The van der Waals surface area contributed by atoms with Crippen LogP contribution in [0.1, 0.15) is 49.8 Å². The molecule has 2 saturated heterocycles. The van der Waals surface area contributed by atoms with Gasteiger partial charge in [-0.15, -0.1) is 11.3 Å². The lowest BCUT2D eigenvalue weighted by atomic mass is 9.92. The summed E-state index contributed by atoms with van der Waals surface area (Å²) in [5.41, 5.74) is 0.974. The van der Waals surface area contributed by atoms with E-state index in [0.29, 0.717) is 11.3 Å². The molecule has 0 atom stereocenters. The van der Waals surface area contributed by atoms with E-state index >= 15 is 0 Å². The Bertz CT molecular complexity index is 872. The molecule has 0 unspecified atom stereocenters. The van der Waals surface area contributed by atoms with E-state index in [9.17, 15) is 0 Å². The van der Waals surface area contributed by atoms with E-state index in [1.54, 1.807) is 0 Å². The van der Waals surface area contributed by atoms with Crippen molar-refractivity contribution in [2.24, 2.45) is 0 Å². The maximum Gasteiger partial charge on any atom is 0.224 e. The van der Waals surface area contributed by atoms with Crippen molar-refractivity contribution < 1.29 is 4.74 Å². The Balaban J connectivity index is 1.24. The topological polar surface area (TPSA) is 44.7 Å². The highest BCUT2D eigenvalue weighted by atomic mass is 35.5. The van der Waals surface area contributed by atoms with Gasteiger partial charge in [0.05, 0.1) is 23.4 Å². The van der Waals surface area contributed by atoms with Crippen molar-refractivity contribution in [2.45, 2.75) is 63.6 Å². The van der Waals surface area contributed by atoms with Crippen LogP contribution in [0.3, 0.4) is 0 Å². The Labute approximate surface area is 194 Å². The third-order valence-electron chi connectivity index (χ3n) is 7.31. The Morgan fingerprint density at radius 1 is 1.06 bits per heavy atom. The number of thiophene rings is 1. The fourth-order valence-corrected chi connectivity index (χ4v) is 6.86. The van der Waals surface area contributed by atoms with Crippen LogP contribution in [-0.2, 0) is 11.3 Å². The quantitative estimate of drug-likeness (QED) is 0.612. The molecule has 170 valence electrons. The molecule has 3 aliphatic rings. The molecule has 0 amide bonds. The van der Waals surface area contributed by atoms with Crippen molar-refractivity contribution in [3.05, 3.63) is 16.2 Å². The standard InChI is InChI=1S/C23H34ClN5OS/c1-27(17-7-9-28(10-8-17)18-5-3-2-4-6-18)16-19-15-20-21(31-19)22(26-23(24)25-20)29-11-13-30-14-12-29/h15,17-18H,2-14,16H2,1H3. The fourth-order valence-electron chi connectivity index (χ4n) is 5.52. The van der Waals surface area contributed by atoms with E-state index in [1.807, 2.05) is 11.3 Å². The van der Waals surface area contributed by atoms with Crippen LogP contribution >= 0.6 is 22.9 Å². The second-order valence-electron chi connectivity index (χ2n) is 9.32. The molecular formula is C23H34ClN5OS. The van der Waals surface area contributed by atoms with Gasteiger partial charge in [0, 0.05) is 36.6 Å². The van der Waals surface area contributed by atoms with Crippen molar-refractivity contribution in [2.75, 3.05) is 51.3 Å². The van der Waals surface area contributed by atoms with Gasteiger partial charge in [0.15, 0.2) is 5.82 Å². The summed E-state index contributed by atoms with van der Waals surface area (Å²) in [6, 6.07) is 3.73. The minimum absolute atomic E-state index is 0.335. The zero-order valence-electron chi connectivity index (χ0n) is 18.6. The Morgan fingerprint density at radius 3 is 2.55 bits per heavy atom. The third-order valence-corrected chi connectivity index (χ3v) is 8.58. The number of anilines is 1. The van der Waals surface area contributed by atoms with Gasteiger partial charge < -0.3 is 14.5 Å². The average molecular weight is 464 g/mol. The summed E-state index contributed by atoms with van der Waals surface area (Å²) in [7, 11) is 2.28. The van der Waals surface area contributed by atoms with Gasteiger partial charge in [0.2, 0.25) is 5.28 Å². The summed E-state index contributed by atoms with van der Waals surface area (Å²) in [5, 5.41) is 0.335. The summed E-state index contributed by atoms with van der Waals surface area (Å²) in [4.78, 5) is 18.0. The molecule has 2 aromatic heterocycles. The molecule has 6 nitrogen and oxygen atoms in total. The number of hydrogen-bond acceptors (Lipinski definition) is 7. The number of hydrogen-bond donors (Lipinski definition) is 0. The number of fused-ring (bicyclic) bond motifs is 1. The first-order valence-electron chi connectivity index (χ1n) is 11.9. The third kappa shape index (κ3) is 5.01. The molecular weight excluding hydrogens is 430 g/mol. The number of ether oxygens (including phenoxy) is 1. The molecule has 4 heterocycles. The van der Waals surface area contributed by atoms with E-state index in [2.05, 4.69) is 37.8 Å². The first-order chi connectivity index (χ1) is 15.2. The van der Waals surface area contributed by atoms with Crippen molar-refractivity contribution in [3.63, 3.8) is 0 Å². The maximum atomic E-state index is 6.27. The van der Waals surface area contributed by atoms with Gasteiger partial charge in [-0.3, -0.25) is 4.90 Å². The van der Waals surface area contributed by atoms with Gasteiger partial charge in [0.25, 0.3) is 0 Å². The molecule has 8 heteroatoms. The van der Waals surface area contributed by atoms with Gasteiger partial charge in [-0.05, 0) is 63.5 Å². The second-order valence-corrected chi connectivity index (χ2v) is 10.8. The zero-order valence-corrected chi connectivity index (χ0v) is 20.1. The van der Waals surface area contributed by atoms with Crippen LogP contribution in [0.15, 0.2) is 6.07 Å². The van der Waals surface area contributed by atoms with Crippen molar-refractivity contribution in [1.29, 1.82) is 0 Å². The predicted molar refractivity (Wildman–Crippen MR) is 128 cm³/mol. The highest BCUT2D eigenvalue weighted by molar-refractivity contribution is 7.19. The summed E-state index contributed by atoms with van der Waals surface area (Å²) in [6.07, 6.45) is 9.68. The maximum absolute atomic E-state index is 6.27. The molecule has 31 heavy (non-hydrogen) atoms. The normalized spacial score (nSPS) is 22.6. The second kappa shape index (κ2) is 9.87. The smallest absolute Gasteiger partial charge is 0.224 e. The van der Waals surface area contributed by atoms with Crippen LogP contribution in [0.5, 0.6) is 0 Å². The molecule has 0 spiro atoms. The molecule has 3 fully saturated rings. The number of likely N-dealkylation sites (tertiary alicyclic amines) is 1. The predicted octanol–water partition coefficient (Wildman–Crippen LogP) is 4.41. The molecule has 1 aliphatic carbocycles. The highest BCUT2D eigenvalue weighted by Gasteiger charge is 2.28. The van der Waals surface area contributed by atoms with Crippen molar-refractivity contribution in [1.82, 2.24) is 19.8 Å². The Hall–Kier alpha value is -0.990. The minimum atomic E-state index is 0.335. The minimum Gasteiger partial charge on any atom is -0.378 e. The SMILES string of the molecule is CN(Cc1cc2nc(Cl)nc(N3CCOCC3)c2s1)C1CCN(C2CCCCC2)CC1. The molecule has 0 bridgehead atoms. The number of rotatable bonds is 5. The number of aromatic nitrogens is 2. The molecule has 2 aromatic rings. The van der Waals surface area contributed by atoms with Crippen LogP contribution in [0.4, 0.5) is 5.82 Å². The molecule has 0 radical (unpaired) electrons. The molecule has 0 N–H and O–H groups in total. The van der Waals surface area contributed by atoms with Gasteiger partial charge in [-0.2, -0.15) is 4.98 Å². The lowest BCUT2D eigenvalue weighted by Gasteiger charge is -2.41. The van der Waals surface area contributed by atoms with E-state index < -0.39 is 0 Å². The number of piperidine rings is 1. The summed E-state index contributed by atoms with van der Waals surface area (Å²) < 4.78 is 6.66. The van der Waals surface area contributed by atoms with Crippen LogP contribution in [0.2, 0.25) is 5.28 Å². The van der Waals surface area contributed by atoms with E-state index in [0.717, 1.165) is 54.9 Å². The van der Waals surface area contributed by atoms with Gasteiger partial charge in [0.1, 0.15) is 0 Å². The first-order valence-corrected chi connectivity index (χ1v) is 13.1. The number of morpholine rings is 1. The van der Waals surface area contributed by atoms with Crippen molar-refractivity contribution >= 4 is 39.0 Å². The van der Waals surface area contributed by atoms with E-state index in [1.165, 1.54) is 62.9 Å². The summed E-state index contributed by atoms with van der Waals surface area (Å²) >= 11 is 8.09. The Kier molecular flexibility index (Phi) is 6.95. The molecule has 0 aromatic carbocycles. The lowest BCUT2D eigenvalue weighted by Crippen LogP contribution is -2.47. The fraction of sp³-hybridized carbons (Fsp3) is 0.739. The van der Waals surface area contributed by atoms with Crippen molar-refractivity contribution in [3.8, 4) is 0 Å². The van der Waals surface area contributed by atoms with Gasteiger partial charge in [-0.1, -0.05) is 19.3 Å². The number of nitrogens with zero attached hydrogens (tertiary/aromatic N) is 5. The highest BCUT2D eigenvalue weighted by Crippen LogP contribution is 2.34. The molecule has 1 saturated carbocycles. The van der Waals surface area contributed by atoms with Crippen LogP contribution in [-0.4, -0.2) is 78.3 Å². The molecule has 2 aliphatic heterocycles. The van der Waals surface area contributed by atoms with Gasteiger partial charge in [-0.25, -0.2) is 4.98 Å².